The van der Waals surface area contributed by atoms with Gasteiger partial charge in [0.1, 0.15) is 11.5 Å². The van der Waals surface area contributed by atoms with Crippen molar-refractivity contribution in [1.29, 1.82) is 0 Å². The number of furan rings is 1. The van der Waals surface area contributed by atoms with Gasteiger partial charge in [0.15, 0.2) is 11.5 Å². The largest absolute Gasteiger partial charge is 0.460 e. The highest BCUT2D eigenvalue weighted by atomic mass is 32.1. The van der Waals surface area contributed by atoms with Crippen LogP contribution in [-0.2, 0) is 13.1 Å². The molecule has 1 amide bonds. The van der Waals surface area contributed by atoms with E-state index in [1.165, 1.54) is 0 Å². The van der Waals surface area contributed by atoms with Crippen LogP contribution in [0, 0.1) is 13.8 Å². The van der Waals surface area contributed by atoms with Gasteiger partial charge in [0.05, 0.1) is 17.7 Å². The molecule has 0 unspecified atom stereocenters. The van der Waals surface area contributed by atoms with Crippen molar-refractivity contribution in [3.05, 3.63) is 81.6 Å². The zero-order valence-corrected chi connectivity index (χ0v) is 16.5. The Balaban J connectivity index is 1.60. The summed E-state index contributed by atoms with van der Waals surface area (Å²) in [4.78, 5) is 20.4. The van der Waals surface area contributed by atoms with Gasteiger partial charge >= 0.3 is 0 Å². The topological polar surface area (TPSA) is 75.0 Å². The summed E-state index contributed by atoms with van der Waals surface area (Å²) in [6.45, 7) is 4.83. The Morgan fingerprint density at radius 2 is 1.96 bits per heavy atom. The summed E-state index contributed by atoms with van der Waals surface area (Å²) in [5, 5.41) is 7.13. The van der Waals surface area contributed by atoms with Crippen LogP contribution in [-0.4, -0.2) is 26.0 Å². The molecule has 0 fully saturated rings. The number of amides is 1. The van der Waals surface area contributed by atoms with E-state index in [4.69, 9.17) is 4.42 Å². The lowest BCUT2D eigenvalue weighted by Crippen LogP contribution is -2.30. The quantitative estimate of drug-likeness (QED) is 0.521. The van der Waals surface area contributed by atoms with E-state index in [9.17, 15) is 4.79 Å². The Morgan fingerprint density at radius 1 is 1.14 bits per heavy atom. The number of nitrogens with zero attached hydrogens (tertiary/aromatic N) is 3. The molecule has 0 radical (unpaired) electrons. The van der Waals surface area contributed by atoms with Crippen LogP contribution in [0.4, 0.5) is 0 Å². The van der Waals surface area contributed by atoms with Crippen molar-refractivity contribution in [2.24, 2.45) is 0 Å². The molecule has 0 aliphatic rings. The second-order valence-electron chi connectivity index (χ2n) is 6.58. The monoisotopic (exact) mass is 392 g/mol. The molecule has 0 bridgehead atoms. The van der Waals surface area contributed by atoms with Gasteiger partial charge in [-0.1, -0.05) is 30.3 Å². The summed E-state index contributed by atoms with van der Waals surface area (Å²) in [7, 11) is 0. The van der Waals surface area contributed by atoms with Gasteiger partial charge in [0.25, 0.3) is 5.91 Å². The molecule has 28 heavy (non-hydrogen) atoms. The molecule has 0 atom stereocenters. The number of hydrogen-bond acceptors (Lipinski definition) is 5. The fraction of sp³-hybridized carbons (Fsp3) is 0.190. The van der Waals surface area contributed by atoms with Crippen LogP contribution < -0.4 is 0 Å². The highest BCUT2D eigenvalue weighted by Gasteiger charge is 2.22. The van der Waals surface area contributed by atoms with Crippen LogP contribution in [0.15, 0.2) is 58.5 Å². The van der Waals surface area contributed by atoms with Crippen molar-refractivity contribution in [2.75, 3.05) is 0 Å². The van der Waals surface area contributed by atoms with E-state index in [0.717, 1.165) is 21.9 Å². The molecule has 1 aromatic carbocycles. The highest BCUT2D eigenvalue weighted by Crippen LogP contribution is 2.23. The molecule has 0 aliphatic heterocycles. The number of carbonyl (C=O) groups is 1. The number of H-pyrrole nitrogens is 1. The van der Waals surface area contributed by atoms with Gasteiger partial charge in [0.2, 0.25) is 0 Å². The third kappa shape index (κ3) is 3.89. The average molecular weight is 392 g/mol. The minimum absolute atomic E-state index is 0.137. The van der Waals surface area contributed by atoms with Gasteiger partial charge < -0.3 is 9.32 Å². The molecule has 0 spiro atoms. The van der Waals surface area contributed by atoms with Crippen LogP contribution >= 0.6 is 11.3 Å². The molecule has 0 saturated heterocycles. The maximum atomic E-state index is 13.2. The minimum Gasteiger partial charge on any atom is -0.460 e. The van der Waals surface area contributed by atoms with E-state index in [0.29, 0.717) is 30.2 Å². The molecule has 1 N–H and O–H groups in total. The van der Waals surface area contributed by atoms with Crippen LogP contribution in [0.25, 0.3) is 11.5 Å². The Morgan fingerprint density at radius 3 is 2.64 bits per heavy atom. The van der Waals surface area contributed by atoms with Crippen molar-refractivity contribution in [3.63, 3.8) is 0 Å². The predicted molar refractivity (Wildman–Crippen MR) is 108 cm³/mol. The number of aryl methyl sites for hydroxylation is 2. The molecule has 7 heteroatoms. The van der Waals surface area contributed by atoms with E-state index < -0.39 is 0 Å². The predicted octanol–water partition coefficient (Wildman–Crippen LogP) is 4.59. The Kier molecular flexibility index (Phi) is 5.08. The van der Waals surface area contributed by atoms with E-state index in [1.807, 2.05) is 61.8 Å². The SMILES string of the molecule is Cc1ccc(-c2cc(C(=O)N(Cc3ccccc3)Cc3scnc3C)n[nH]2)o1. The molecule has 4 rings (SSSR count). The Hall–Kier alpha value is -3.19. The van der Waals surface area contributed by atoms with Crippen molar-refractivity contribution in [1.82, 2.24) is 20.1 Å². The van der Waals surface area contributed by atoms with Crippen LogP contribution in [0.5, 0.6) is 0 Å². The lowest BCUT2D eigenvalue weighted by molar-refractivity contribution is 0.0725. The summed E-state index contributed by atoms with van der Waals surface area (Å²) in [5.41, 5.74) is 4.87. The molecule has 6 nitrogen and oxygen atoms in total. The fourth-order valence-electron chi connectivity index (χ4n) is 2.95. The van der Waals surface area contributed by atoms with Gasteiger partial charge in [-0.15, -0.1) is 11.3 Å². The summed E-state index contributed by atoms with van der Waals surface area (Å²) in [6.07, 6.45) is 0. The normalized spacial score (nSPS) is 10.9. The second kappa shape index (κ2) is 7.82. The number of hydrogen-bond donors (Lipinski definition) is 1. The molecule has 0 saturated carbocycles. The van der Waals surface area contributed by atoms with Gasteiger partial charge in [-0.25, -0.2) is 4.98 Å². The van der Waals surface area contributed by atoms with E-state index in [2.05, 4.69) is 15.2 Å². The molecule has 0 aliphatic carbocycles. The van der Waals surface area contributed by atoms with Gasteiger partial charge in [-0.2, -0.15) is 5.10 Å². The number of carbonyl (C=O) groups excluding carboxylic acids is 1. The highest BCUT2D eigenvalue weighted by molar-refractivity contribution is 7.09. The molecule has 142 valence electrons. The number of benzene rings is 1. The first-order valence-corrected chi connectivity index (χ1v) is 9.82. The first-order chi connectivity index (χ1) is 13.6. The summed E-state index contributed by atoms with van der Waals surface area (Å²) in [6, 6.07) is 15.4. The van der Waals surface area contributed by atoms with Crippen LogP contribution in [0.1, 0.15) is 32.4 Å². The van der Waals surface area contributed by atoms with Gasteiger partial charge in [-0.05, 0) is 31.5 Å². The summed E-state index contributed by atoms with van der Waals surface area (Å²) in [5.74, 6) is 1.34. The number of aromatic nitrogens is 3. The molecular weight excluding hydrogens is 372 g/mol. The summed E-state index contributed by atoms with van der Waals surface area (Å²) < 4.78 is 5.62. The number of rotatable bonds is 6. The van der Waals surface area contributed by atoms with Crippen molar-refractivity contribution >= 4 is 17.2 Å². The van der Waals surface area contributed by atoms with Gasteiger partial charge in [-0.3, -0.25) is 9.89 Å². The second-order valence-corrected chi connectivity index (χ2v) is 7.52. The van der Waals surface area contributed by atoms with Crippen molar-refractivity contribution < 1.29 is 9.21 Å². The van der Waals surface area contributed by atoms with E-state index in [-0.39, 0.29) is 5.91 Å². The van der Waals surface area contributed by atoms with Crippen LogP contribution in [0.2, 0.25) is 0 Å². The maximum Gasteiger partial charge on any atom is 0.274 e. The first kappa shape index (κ1) is 18.2. The zero-order chi connectivity index (χ0) is 19.5. The van der Waals surface area contributed by atoms with E-state index in [1.54, 1.807) is 22.3 Å². The lowest BCUT2D eigenvalue weighted by atomic mass is 10.2. The number of thiazole rings is 1. The van der Waals surface area contributed by atoms with E-state index >= 15 is 0 Å². The lowest BCUT2D eigenvalue weighted by Gasteiger charge is -2.21. The van der Waals surface area contributed by atoms with Crippen molar-refractivity contribution in [3.8, 4) is 11.5 Å². The Bertz CT molecular complexity index is 1080. The first-order valence-electron chi connectivity index (χ1n) is 8.94. The fourth-order valence-corrected chi connectivity index (χ4v) is 3.75. The summed E-state index contributed by atoms with van der Waals surface area (Å²) >= 11 is 1.56. The standard InChI is InChI=1S/C21H20N4O2S/c1-14-8-9-19(27-14)17-10-18(24-23-17)21(26)25(11-16-6-4-3-5-7-16)12-20-15(2)22-13-28-20/h3-10,13H,11-12H2,1-2H3,(H,23,24). The third-order valence-electron chi connectivity index (χ3n) is 4.49. The molecule has 3 aromatic heterocycles. The molecule has 3 heterocycles. The third-order valence-corrected chi connectivity index (χ3v) is 5.41. The Labute approximate surface area is 166 Å². The zero-order valence-electron chi connectivity index (χ0n) is 15.7. The van der Waals surface area contributed by atoms with Crippen LogP contribution in [0.3, 0.4) is 0 Å². The number of nitrogens with one attached hydrogen (secondary N) is 1. The minimum atomic E-state index is -0.137. The molecular formula is C21H20N4O2S. The van der Waals surface area contributed by atoms with Crippen molar-refractivity contribution in [2.45, 2.75) is 26.9 Å². The van der Waals surface area contributed by atoms with Gasteiger partial charge in [0, 0.05) is 17.5 Å². The average Bonchev–Trinajstić information content (AvgIpc) is 3.43. The number of aromatic amines is 1. The molecule has 4 aromatic rings. The smallest absolute Gasteiger partial charge is 0.274 e. The maximum absolute atomic E-state index is 13.2.